The Morgan fingerprint density at radius 2 is 1.33 bits per heavy atom. The maximum absolute atomic E-state index is 15.2. The van der Waals surface area contributed by atoms with Crippen LogP contribution in [0.5, 0.6) is 0 Å². The van der Waals surface area contributed by atoms with Gasteiger partial charge in [-0.3, -0.25) is 52.9 Å². The lowest BCUT2D eigenvalue weighted by Gasteiger charge is -2.37. The number of likely N-dealkylation sites (tertiary alicyclic amines) is 1. The largest absolute Gasteiger partial charge is 0.370 e. The average Bonchev–Trinajstić information content (AvgIpc) is 4.40. The lowest BCUT2D eigenvalue weighted by atomic mass is 9.85. The predicted octanol–water partition coefficient (Wildman–Crippen LogP) is 0.787. The number of aliphatic imine (C=N–C) groups is 1. The van der Waals surface area contributed by atoms with Gasteiger partial charge in [-0.1, -0.05) is 97.5 Å². The fourth-order valence-corrected chi connectivity index (χ4v) is 14.4. The molecule has 2 aromatic carbocycles. The molecule has 0 radical (unpaired) electrons. The molecule has 2 aromatic heterocycles. The van der Waals surface area contributed by atoms with Crippen LogP contribution in [0.25, 0.3) is 21.8 Å². The van der Waals surface area contributed by atoms with E-state index in [0.29, 0.717) is 31.2 Å². The van der Waals surface area contributed by atoms with Crippen molar-refractivity contribution in [3.8, 4) is 0 Å². The molecule has 1 saturated carbocycles. The molecular weight excluding hydrogens is 1120 g/mol. The summed E-state index contributed by atoms with van der Waals surface area (Å²) in [4.78, 5) is 153. The first-order valence-corrected chi connectivity index (χ1v) is 30.9. The van der Waals surface area contributed by atoms with E-state index in [1.54, 1.807) is 19.3 Å². The fraction of sp³-hybridized carbons (Fsp3) is 0.526. The fourth-order valence-electron chi connectivity index (χ4n) is 11.0. The SMILES string of the molecule is CC[C@H](C)[C@@H]1NC(=O)[C@H](Cc2c[nH]c3ccccc23)NC(=O)CC2(CCCCC2)SSC[C@@H](C(=O)N2CCC[C@@H]2C(=O)N[C@H](CCCN=C(N)N)C(=O)N[C@H](C)C(N)=O)NC(=O)[C@H](CC(N)=O)NC(=O)[C@@H](Cc2c[nH]c3ccccc23)NC1=O. The molecule has 17 N–H and O–H groups in total. The molecule has 2 saturated heterocycles. The molecule has 454 valence electrons. The molecule has 3 fully saturated rings. The van der Waals surface area contributed by atoms with Crippen LogP contribution in [-0.2, 0) is 60.8 Å². The third-order valence-electron chi connectivity index (χ3n) is 15.8. The number of rotatable bonds is 18. The van der Waals surface area contributed by atoms with Crippen molar-refractivity contribution in [2.24, 2.45) is 33.8 Å². The van der Waals surface area contributed by atoms with Gasteiger partial charge in [0.15, 0.2) is 5.96 Å². The van der Waals surface area contributed by atoms with Gasteiger partial charge in [0.2, 0.25) is 59.1 Å². The second-order valence-electron chi connectivity index (χ2n) is 22.1. The van der Waals surface area contributed by atoms with E-state index in [1.165, 1.54) is 33.4 Å². The standard InChI is InChI=1S/C57H79N15O10S2/c1-4-31(2)47-54(81)69-41(25-34-29-64-38-17-9-7-15-36(34)38)50(77)68-42(26-45(58)73)51(78)70-43(55(82)72-23-13-19-44(72)53(80)67-39(18-12-22-62-56(60)61)49(76)65-32(3)48(59)75)30-83-84-57(20-10-5-11-21-57)27-46(74)66-40(52(79)71-47)24-33-28-63-37-16-8-6-14-35(33)37/h6-9,14-17,28-29,31-32,39-44,47,63-64H,4-5,10-13,18-27,30H2,1-3H3,(H2,58,73)(H2,59,75)(H,65,76)(H,66,74)(H,67,80)(H,68,77)(H,69,81)(H,70,78)(H,71,79)(H4,60,61,62)/t31-,32+,39+,40-,41+,42-,43-,44+,47-/m0/s1. The van der Waals surface area contributed by atoms with Crippen molar-refractivity contribution >= 4 is 108 Å². The van der Waals surface area contributed by atoms with E-state index in [0.717, 1.165) is 46.6 Å². The van der Waals surface area contributed by atoms with Crippen molar-refractivity contribution in [1.29, 1.82) is 0 Å². The normalized spacial score (nSPS) is 23.2. The van der Waals surface area contributed by atoms with E-state index >= 15 is 4.79 Å². The number of primary amides is 2. The number of para-hydroxylation sites is 2. The number of carbonyl (C=O) groups excluding carboxylic acids is 10. The van der Waals surface area contributed by atoms with Crippen LogP contribution < -0.4 is 60.2 Å². The number of guanidine groups is 1. The third kappa shape index (κ3) is 16.9. The quantitative estimate of drug-likeness (QED) is 0.0284. The number of nitrogens with two attached hydrogens (primary N) is 4. The first kappa shape index (κ1) is 63.8. The molecule has 2 aliphatic heterocycles. The van der Waals surface area contributed by atoms with Gasteiger partial charge in [-0.15, -0.1) is 0 Å². The van der Waals surface area contributed by atoms with Gasteiger partial charge in [0.1, 0.15) is 48.3 Å². The van der Waals surface area contributed by atoms with Crippen molar-refractivity contribution in [3.63, 3.8) is 0 Å². The van der Waals surface area contributed by atoms with E-state index in [4.69, 9.17) is 22.9 Å². The zero-order chi connectivity index (χ0) is 60.7. The highest BCUT2D eigenvalue weighted by atomic mass is 33.1. The minimum Gasteiger partial charge on any atom is -0.370 e. The van der Waals surface area contributed by atoms with Crippen LogP contribution in [0.2, 0.25) is 0 Å². The third-order valence-corrected chi connectivity index (χ3v) is 19.2. The summed E-state index contributed by atoms with van der Waals surface area (Å²) in [6.07, 6.45) is 7.48. The van der Waals surface area contributed by atoms with Gasteiger partial charge < -0.3 is 75.0 Å². The summed E-state index contributed by atoms with van der Waals surface area (Å²) in [7, 11) is 2.60. The molecule has 1 aliphatic carbocycles. The lowest BCUT2D eigenvalue weighted by Crippen LogP contribution is -2.61. The van der Waals surface area contributed by atoms with Gasteiger partial charge in [0, 0.05) is 77.1 Å². The molecule has 4 aromatic rings. The highest BCUT2D eigenvalue weighted by Gasteiger charge is 2.43. The molecule has 25 nitrogen and oxygen atoms in total. The summed E-state index contributed by atoms with van der Waals surface area (Å²) in [5.41, 5.74) is 25.1. The minimum absolute atomic E-state index is 0.0297. The smallest absolute Gasteiger partial charge is 0.246 e. The molecule has 7 rings (SSSR count). The number of hydrogen-bond donors (Lipinski definition) is 13. The summed E-state index contributed by atoms with van der Waals surface area (Å²) in [5.74, 6) is -8.37. The molecule has 27 heteroatoms. The number of aromatic nitrogens is 2. The van der Waals surface area contributed by atoms with Gasteiger partial charge >= 0.3 is 0 Å². The van der Waals surface area contributed by atoms with Crippen LogP contribution in [0, 0.1) is 5.92 Å². The Hall–Kier alpha value is -7.81. The Bertz CT molecular complexity index is 3090. The van der Waals surface area contributed by atoms with Crippen LogP contribution in [0.15, 0.2) is 65.9 Å². The summed E-state index contributed by atoms with van der Waals surface area (Å²) in [5, 5.41) is 21.1. The van der Waals surface area contributed by atoms with Crippen molar-refractivity contribution in [3.05, 3.63) is 72.1 Å². The summed E-state index contributed by atoms with van der Waals surface area (Å²) in [6.45, 7) is 5.19. The molecular formula is C57H79N15O10S2. The van der Waals surface area contributed by atoms with Gasteiger partial charge in [0.05, 0.1) is 6.42 Å². The van der Waals surface area contributed by atoms with Gasteiger partial charge in [-0.25, -0.2) is 0 Å². The Labute approximate surface area is 494 Å². The van der Waals surface area contributed by atoms with Gasteiger partial charge in [0.25, 0.3) is 0 Å². The second-order valence-corrected chi connectivity index (χ2v) is 24.9. The molecule has 0 bridgehead atoms. The highest BCUT2D eigenvalue weighted by Crippen LogP contribution is 2.48. The summed E-state index contributed by atoms with van der Waals surface area (Å²) in [6, 6.07) is 4.45. The summed E-state index contributed by atoms with van der Waals surface area (Å²) < 4.78 is -0.715. The molecule has 10 amide bonds. The minimum atomic E-state index is -1.70. The number of nitrogens with one attached hydrogen (secondary N) is 9. The maximum Gasteiger partial charge on any atom is 0.246 e. The topological polar surface area (TPSA) is 406 Å². The number of amides is 10. The van der Waals surface area contributed by atoms with E-state index < -0.39 is 124 Å². The van der Waals surface area contributed by atoms with Crippen LogP contribution in [0.4, 0.5) is 0 Å². The predicted molar refractivity (Wildman–Crippen MR) is 321 cm³/mol. The zero-order valence-corrected chi connectivity index (χ0v) is 49.2. The first-order chi connectivity index (χ1) is 40.1. The van der Waals surface area contributed by atoms with Crippen molar-refractivity contribution < 1.29 is 47.9 Å². The monoisotopic (exact) mass is 1200 g/mol. The van der Waals surface area contributed by atoms with E-state index in [1.807, 2.05) is 55.5 Å². The Morgan fingerprint density at radius 1 is 0.738 bits per heavy atom. The molecule has 3 aliphatic rings. The number of nitrogens with zero attached hydrogens (tertiary/aromatic N) is 2. The molecule has 1 spiro atoms. The number of hydrogen-bond acceptors (Lipinski definition) is 13. The number of carbonyl (C=O) groups is 10. The Balaban J connectivity index is 1.25. The molecule has 9 atom stereocenters. The van der Waals surface area contributed by atoms with Gasteiger partial charge in [-0.2, -0.15) is 0 Å². The Morgan fingerprint density at radius 3 is 1.94 bits per heavy atom. The lowest BCUT2D eigenvalue weighted by molar-refractivity contribution is -0.142. The van der Waals surface area contributed by atoms with Crippen LogP contribution >= 0.6 is 21.6 Å². The van der Waals surface area contributed by atoms with E-state index in [9.17, 15) is 43.2 Å². The summed E-state index contributed by atoms with van der Waals surface area (Å²) >= 11 is 0. The number of benzene rings is 2. The molecule has 4 heterocycles. The van der Waals surface area contributed by atoms with E-state index in [2.05, 4.69) is 52.2 Å². The average molecular weight is 1200 g/mol. The number of H-pyrrole nitrogens is 2. The Kier molecular flexibility index (Phi) is 22.5. The van der Waals surface area contributed by atoms with Crippen molar-refractivity contribution in [2.45, 2.75) is 164 Å². The van der Waals surface area contributed by atoms with Gasteiger partial charge in [-0.05, 0) is 74.6 Å². The molecule has 84 heavy (non-hydrogen) atoms. The van der Waals surface area contributed by atoms with Crippen molar-refractivity contribution in [1.82, 2.24) is 52.1 Å². The second kappa shape index (κ2) is 29.6. The van der Waals surface area contributed by atoms with Crippen LogP contribution in [0.1, 0.15) is 109 Å². The van der Waals surface area contributed by atoms with Crippen molar-refractivity contribution in [2.75, 3.05) is 18.8 Å². The highest BCUT2D eigenvalue weighted by molar-refractivity contribution is 8.77. The first-order valence-electron chi connectivity index (χ1n) is 28.6. The molecule has 0 unspecified atom stereocenters. The maximum atomic E-state index is 15.2. The van der Waals surface area contributed by atoms with E-state index in [-0.39, 0.29) is 63.3 Å². The number of fused-ring (bicyclic) bond motifs is 2. The number of aromatic amines is 2. The zero-order valence-electron chi connectivity index (χ0n) is 47.6. The van der Waals surface area contributed by atoms with Crippen LogP contribution in [-0.4, -0.2) is 152 Å². The van der Waals surface area contributed by atoms with Crippen LogP contribution in [0.3, 0.4) is 0 Å².